The number of hydrogen-bond donors (Lipinski definition) is 2. The highest BCUT2D eigenvalue weighted by molar-refractivity contribution is 5.53. The number of nitrogens with one attached hydrogen (secondary N) is 2. The van der Waals surface area contributed by atoms with Crippen molar-refractivity contribution in [1.82, 2.24) is 0 Å². The van der Waals surface area contributed by atoms with Crippen molar-refractivity contribution in [3.05, 3.63) is 65.7 Å². The fraction of sp³-hybridized carbons (Fsp3) is 0.455. The molecule has 0 radical (unpaired) electrons. The molecule has 0 amide bonds. The van der Waals surface area contributed by atoms with Gasteiger partial charge in [-0.05, 0) is 32.4 Å². The van der Waals surface area contributed by atoms with E-state index in [1.165, 1.54) is 56.0 Å². The first-order valence-corrected chi connectivity index (χ1v) is 9.52. The summed E-state index contributed by atoms with van der Waals surface area (Å²) in [6.45, 7) is 13.2. The van der Waals surface area contributed by atoms with Gasteiger partial charge in [0.1, 0.15) is 5.69 Å². The zero-order valence-corrected chi connectivity index (χ0v) is 17.7. The molecule has 2 N–H and O–H groups in total. The Morgan fingerprint density at radius 3 is 2.19 bits per heavy atom. The first-order valence-electron chi connectivity index (χ1n) is 9.52. The standard InChI is InChI=1S/C22H30N2.2ClH/c1-4-23(5-2)16-11-17-24-18-22(3,19-12-7-6-8-13-19)20-14-9-10-15-21(20)24;;/h6-10,12-15H,4-5,11,16-18H2,1-3H3;2*1H. The molecule has 2 unspecified atom stereocenters. The Balaban J connectivity index is 0.00000169. The van der Waals surface area contributed by atoms with Gasteiger partial charge in [-0.15, -0.1) is 0 Å². The summed E-state index contributed by atoms with van der Waals surface area (Å²) in [5.41, 5.74) is 4.61. The van der Waals surface area contributed by atoms with Crippen LogP contribution in [0.15, 0.2) is 54.6 Å². The van der Waals surface area contributed by atoms with Crippen molar-refractivity contribution in [2.45, 2.75) is 32.6 Å². The Morgan fingerprint density at radius 2 is 1.54 bits per heavy atom. The van der Waals surface area contributed by atoms with E-state index < -0.39 is 0 Å². The Hall–Kier alpha value is -1.06. The lowest BCUT2D eigenvalue weighted by molar-refractivity contribution is -0.902. The SMILES string of the molecule is CC[NH+](CC)CCC[NH+]1CC(C)(c2ccccc2)c2ccccc21.[Cl-].[Cl-]. The van der Waals surface area contributed by atoms with E-state index in [9.17, 15) is 0 Å². The number of rotatable bonds is 7. The molecular weight excluding hydrogens is 363 g/mol. The van der Waals surface area contributed by atoms with Gasteiger partial charge in [0.2, 0.25) is 0 Å². The Labute approximate surface area is 171 Å². The van der Waals surface area contributed by atoms with Crippen LogP contribution in [0.25, 0.3) is 0 Å². The van der Waals surface area contributed by atoms with Gasteiger partial charge in [0.15, 0.2) is 0 Å². The Kier molecular flexibility index (Phi) is 9.12. The minimum atomic E-state index is 0. The molecule has 1 aliphatic rings. The van der Waals surface area contributed by atoms with Crippen LogP contribution < -0.4 is 34.6 Å². The van der Waals surface area contributed by atoms with Crippen LogP contribution in [0.4, 0.5) is 5.69 Å². The molecule has 0 saturated heterocycles. The van der Waals surface area contributed by atoms with Gasteiger partial charge < -0.3 is 34.6 Å². The summed E-state index contributed by atoms with van der Waals surface area (Å²) < 4.78 is 0. The number of para-hydroxylation sites is 1. The third-order valence-electron chi connectivity index (χ3n) is 5.89. The molecule has 2 aromatic carbocycles. The van der Waals surface area contributed by atoms with Crippen LogP contribution in [0.5, 0.6) is 0 Å². The average molecular weight is 395 g/mol. The van der Waals surface area contributed by atoms with E-state index in [4.69, 9.17) is 0 Å². The van der Waals surface area contributed by atoms with Gasteiger partial charge >= 0.3 is 0 Å². The van der Waals surface area contributed by atoms with Crippen molar-refractivity contribution >= 4 is 5.69 Å². The molecule has 0 bridgehead atoms. The van der Waals surface area contributed by atoms with Crippen molar-refractivity contribution in [2.24, 2.45) is 0 Å². The van der Waals surface area contributed by atoms with Crippen LogP contribution in [0, 0.1) is 0 Å². The second-order valence-corrected chi connectivity index (χ2v) is 7.33. The molecule has 4 heteroatoms. The lowest BCUT2D eigenvalue weighted by Crippen LogP contribution is -3.12. The minimum Gasteiger partial charge on any atom is -1.00 e. The first kappa shape index (κ1) is 23.0. The molecule has 0 fully saturated rings. The molecule has 0 spiro atoms. The zero-order chi connectivity index (χ0) is 17.0. The summed E-state index contributed by atoms with van der Waals surface area (Å²) >= 11 is 0. The van der Waals surface area contributed by atoms with Crippen molar-refractivity contribution in [3.63, 3.8) is 0 Å². The first-order chi connectivity index (χ1) is 11.7. The predicted molar refractivity (Wildman–Crippen MR) is 101 cm³/mol. The maximum absolute atomic E-state index is 2.42. The molecule has 144 valence electrons. The molecule has 2 atom stereocenters. The molecule has 0 saturated carbocycles. The van der Waals surface area contributed by atoms with Gasteiger partial charge in [-0.2, -0.15) is 0 Å². The zero-order valence-electron chi connectivity index (χ0n) is 16.2. The fourth-order valence-corrected chi connectivity index (χ4v) is 4.33. The van der Waals surface area contributed by atoms with Crippen molar-refractivity contribution in [1.29, 1.82) is 0 Å². The molecule has 1 heterocycles. The van der Waals surface area contributed by atoms with E-state index in [1.807, 2.05) is 0 Å². The summed E-state index contributed by atoms with van der Waals surface area (Å²) in [7, 11) is 0. The Morgan fingerprint density at radius 1 is 0.923 bits per heavy atom. The topological polar surface area (TPSA) is 8.88 Å². The van der Waals surface area contributed by atoms with Gasteiger partial charge in [0.05, 0.1) is 38.1 Å². The maximum Gasteiger partial charge on any atom is 0.135 e. The molecule has 0 aromatic heterocycles. The van der Waals surface area contributed by atoms with Crippen molar-refractivity contribution in [3.8, 4) is 0 Å². The highest BCUT2D eigenvalue weighted by Crippen LogP contribution is 2.37. The van der Waals surface area contributed by atoms with E-state index in [-0.39, 0.29) is 30.2 Å². The molecule has 2 aromatic rings. The largest absolute Gasteiger partial charge is 1.00 e. The molecule has 26 heavy (non-hydrogen) atoms. The van der Waals surface area contributed by atoms with Gasteiger partial charge in [-0.25, -0.2) is 0 Å². The lowest BCUT2D eigenvalue weighted by atomic mass is 9.78. The van der Waals surface area contributed by atoms with Gasteiger partial charge in [0.25, 0.3) is 0 Å². The number of benzene rings is 2. The average Bonchev–Trinajstić information content (AvgIpc) is 2.93. The van der Waals surface area contributed by atoms with Crippen LogP contribution in [-0.2, 0) is 5.41 Å². The van der Waals surface area contributed by atoms with Crippen LogP contribution in [0.2, 0.25) is 0 Å². The number of fused-ring (bicyclic) bond motifs is 1. The fourth-order valence-electron chi connectivity index (χ4n) is 4.33. The second-order valence-electron chi connectivity index (χ2n) is 7.33. The lowest BCUT2D eigenvalue weighted by Gasteiger charge is -2.24. The third kappa shape index (κ3) is 4.61. The maximum atomic E-state index is 2.42. The van der Waals surface area contributed by atoms with E-state index in [1.54, 1.807) is 9.80 Å². The molecular formula is C22H32Cl2N2. The van der Waals surface area contributed by atoms with Crippen molar-refractivity contribution in [2.75, 3.05) is 32.7 Å². The summed E-state index contributed by atoms with van der Waals surface area (Å²) in [5.74, 6) is 0. The molecule has 3 rings (SSSR count). The minimum absolute atomic E-state index is 0. The molecule has 2 nitrogen and oxygen atoms in total. The third-order valence-corrected chi connectivity index (χ3v) is 5.89. The molecule has 1 aliphatic heterocycles. The summed E-state index contributed by atoms with van der Waals surface area (Å²) in [6.07, 6.45) is 1.30. The number of quaternary nitrogens is 2. The van der Waals surface area contributed by atoms with Crippen LogP contribution >= 0.6 is 0 Å². The van der Waals surface area contributed by atoms with E-state index in [0.717, 1.165) is 0 Å². The molecule has 0 aliphatic carbocycles. The van der Waals surface area contributed by atoms with Gasteiger partial charge in [-0.1, -0.05) is 48.5 Å². The summed E-state index contributed by atoms with van der Waals surface area (Å²) in [4.78, 5) is 3.37. The monoisotopic (exact) mass is 394 g/mol. The summed E-state index contributed by atoms with van der Waals surface area (Å²) in [6, 6.07) is 20.1. The predicted octanol–water partition coefficient (Wildman–Crippen LogP) is -4.15. The summed E-state index contributed by atoms with van der Waals surface area (Å²) in [5, 5.41) is 0. The van der Waals surface area contributed by atoms with Crippen LogP contribution in [0.1, 0.15) is 38.3 Å². The van der Waals surface area contributed by atoms with Crippen molar-refractivity contribution < 1.29 is 34.6 Å². The highest BCUT2D eigenvalue weighted by atomic mass is 35.5. The van der Waals surface area contributed by atoms with E-state index in [2.05, 4.69) is 75.4 Å². The van der Waals surface area contributed by atoms with Gasteiger partial charge in [-0.3, -0.25) is 0 Å². The smallest absolute Gasteiger partial charge is 0.135 e. The quantitative estimate of drug-likeness (QED) is 0.471. The van der Waals surface area contributed by atoms with E-state index in [0.29, 0.717) is 0 Å². The normalized spacial score (nSPS) is 21.0. The number of hydrogen-bond acceptors (Lipinski definition) is 0. The van der Waals surface area contributed by atoms with Gasteiger partial charge in [0, 0.05) is 12.0 Å². The van der Waals surface area contributed by atoms with Crippen LogP contribution in [-0.4, -0.2) is 32.7 Å². The number of halogens is 2. The van der Waals surface area contributed by atoms with E-state index >= 15 is 0 Å². The van der Waals surface area contributed by atoms with Crippen LogP contribution in [0.3, 0.4) is 0 Å². The second kappa shape index (κ2) is 10.3. The highest BCUT2D eigenvalue weighted by Gasteiger charge is 2.43. The Bertz CT molecular complexity index is 658.